The van der Waals surface area contributed by atoms with Gasteiger partial charge in [-0.3, -0.25) is 0 Å². The molecule has 1 heteroatoms. The fraction of sp³-hybridized carbons (Fsp3) is 0.852. The molecule has 28 heavy (non-hydrogen) atoms. The van der Waals surface area contributed by atoms with Gasteiger partial charge in [0.15, 0.2) is 0 Å². The van der Waals surface area contributed by atoms with Gasteiger partial charge in [0.2, 0.25) is 0 Å². The fourth-order valence-electron chi connectivity index (χ4n) is 8.03. The zero-order chi connectivity index (χ0) is 20.1. The van der Waals surface area contributed by atoms with Crippen LogP contribution >= 0.6 is 0 Å². The van der Waals surface area contributed by atoms with Crippen molar-refractivity contribution < 1.29 is 5.11 Å². The maximum Gasteiger partial charge on any atom is 0.0724 e. The Bertz CT molecular complexity index is 643. The summed E-state index contributed by atoms with van der Waals surface area (Å²) in [6.45, 7) is 12.5. The van der Waals surface area contributed by atoms with E-state index < -0.39 is 0 Å². The Morgan fingerprint density at radius 1 is 1.00 bits per heavy atom. The highest BCUT2D eigenvalue weighted by atomic mass is 16.3. The van der Waals surface area contributed by atoms with Crippen LogP contribution < -0.4 is 0 Å². The maximum atomic E-state index is 10.2. The van der Waals surface area contributed by atoms with Gasteiger partial charge in [0.05, 0.1) is 6.10 Å². The molecule has 4 aliphatic rings. The first-order chi connectivity index (χ1) is 13.3. The summed E-state index contributed by atoms with van der Waals surface area (Å²) in [6, 6.07) is 0. The highest BCUT2D eigenvalue weighted by molar-refractivity contribution is 5.36. The lowest BCUT2D eigenvalue weighted by molar-refractivity contribution is 0.0415. The molecule has 7 atom stereocenters. The molecule has 158 valence electrons. The zero-order valence-corrected chi connectivity index (χ0v) is 19.1. The van der Waals surface area contributed by atoms with E-state index in [9.17, 15) is 5.11 Å². The topological polar surface area (TPSA) is 20.2 Å². The fourth-order valence-corrected chi connectivity index (χ4v) is 8.03. The molecule has 0 saturated heterocycles. The van der Waals surface area contributed by atoms with Gasteiger partial charge in [-0.05, 0) is 85.4 Å². The highest BCUT2D eigenvalue weighted by Gasteiger charge is 2.56. The van der Waals surface area contributed by atoms with Crippen molar-refractivity contribution in [2.24, 2.45) is 40.4 Å². The number of aliphatic hydroxyl groups is 1. The number of aliphatic hydroxyl groups excluding tert-OH is 1. The summed E-state index contributed by atoms with van der Waals surface area (Å²) in [4.78, 5) is 0. The SMILES string of the molecule is CC(C)CCC[C@@H](C)[C@H]1CC[C@H]2C3=CCC4=C[C@H](O)CC[C@]4(C)[C@H]3CC[C@]12C. The Kier molecular flexibility index (Phi) is 5.62. The molecule has 0 unspecified atom stereocenters. The minimum absolute atomic E-state index is 0.200. The molecule has 0 aromatic rings. The average Bonchev–Trinajstić information content (AvgIpc) is 2.99. The second kappa shape index (κ2) is 7.60. The van der Waals surface area contributed by atoms with E-state index in [2.05, 4.69) is 46.8 Å². The maximum absolute atomic E-state index is 10.2. The largest absolute Gasteiger partial charge is 0.389 e. The number of hydrogen-bond acceptors (Lipinski definition) is 1. The Labute approximate surface area is 174 Å². The minimum Gasteiger partial charge on any atom is -0.389 e. The van der Waals surface area contributed by atoms with Gasteiger partial charge in [0, 0.05) is 0 Å². The average molecular weight is 385 g/mol. The van der Waals surface area contributed by atoms with E-state index >= 15 is 0 Å². The summed E-state index contributed by atoms with van der Waals surface area (Å²) >= 11 is 0. The van der Waals surface area contributed by atoms with E-state index in [1.807, 2.05) is 5.57 Å². The van der Waals surface area contributed by atoms with Gasteiger partial charge < -0.3 is 5.11 Å². The first kappa shape index (κ1) is 20.7. The van der Waals surface area contributed by atoms with Crippen molar-refractivity contribution in [1.82, 2.24) is 0 Å². The van der Waals surface area contributed by atoms with Crippen LogP contribution in [0.3, 0.4) is 0 Å². The van der Waals surface area contributed by atoms with Crippen LogP contribution in [0.1, 0.15) is 98.8 Å². The number of rotatable bonds is 5. The van der Waals surface area contributed by atoms with E-state index in [-0.39, 0.29) is 6.10 Å². The van der Waals surface area contributed by atoms with Gasteiger partial charge >= 0.3 is 0 Å². The Morgan fingerprint density at radius 2 is 1.79 bits per heavy atom. The van der Waals surface area contributed by atoms with E-state index in [4.69, 9.17) is 0 Å². The van der Waals surface area contributed by atoms with Crippen LogP contribution in [0.2, 0.25) is 0 Å². The molecule has 0 radical (unpaired) electrons. The van der Waals surface area contributed by atoms with Crippen molar-refractivity contribution >= 4 is 0 Å². The molecular weight excluding hydrogens is 340 g/mol. The second-order valence-corrected chi connectivity index (χ2v) is 11.8. The van der Waals surface area contributed by atoms with Crippen LogP contribution in [0.4, 0.5) is 0 Å². The molecule has 2 fully saturated rings. The molecule has 4 aliphatic carbocycles. The number of hydrogen-bond donors (Lipinski definition) is 1. The number of allylic oxidation sites excluding steroid dienone is 3. The Balaban J connectivity index is 1.53. The van der Waals surface area contributed by atoms with Gasteiger partial charge in [-0.1, -0.05) is 77.2 Å². The predicted octanol–water partition coefficient (Wildman–Crippen LogP) is 7.31. The minimum atomic E-state index is -0.200. The molecule has 1 nitrogen and oxygen atoms in total. The molecule has 2 saturated carbocycles. The second-order valence-electron chi connectivity index (χ2n) is 11.8. The third-order valence-corrected chi connectivity index (χ3v) is 9.73. The lowest BCUT2D eigenvalue weighted by atomic mass is 9.49. The summed E-state index contributed by atoms with van der Waals surface area (Å²) < 4.78 is 0. The summed E-state index contributed by atoms with van der Waals surface area (Å²) in [5, 5.41) is 10.2. The third kappa shape index (κ3) is 3.34. The summed E-state index contributed by atoms with van der Waals surface area (Å²) in [7, 11) is 0. The summed E-state index contributed by atoms with van der Waals surface area (Å²) in [6.07, 6.45) is 17.8. The Hall–Kier alpha value is -0.560. The quantitative estimate of drug-likeness (QED) is 0.493. The molecule has 0 amide bonds. The Morgan fingerprint density at radius 3 is 2.54 bits per heavy atom. The monoisotopic (exact) mass is 384 g/mol. The lowest BCUT2D eigenvalue weighted by Crippen LogP contribution is -2.46. The molecule has 4 rings (SSSR count). The molecule has 0 aromatic heterocycles. The third-order valence-electron chi connectivity index (χ3n) is 9.73. The smallest absolute Gasteiger partial charge is 0.0724 e. The van der Waals surface area contributed by atoms with Gasteiger partial charge in [-0.15, -0.1) is 0 Å². The first-order valence-electron chi connectivity index (χ1n) is 12.3. The van der Waals surface area contributed by atoms with Crippen LogP contribution in [0.15, 0.2) is 23.3 Å². The van der Waals surface area contributed by atoms with Crippen LogP contribution in [-0.2, 0) is 0 Å². The van der Waals surface area contributed by atoms with Gasteiger partial charge in [0.1, 0.15) is 0 Å². The van der Waals surface area contributed by atoms with E-state index in [0.717, 1.165) is 42.4 Å². The predicted molar refractivity (Wildman–Crippen MR) is 119 cm³/mol. The van der Waals surface area contributed by atoms with Crippen molar-refractivity contribution in [1.29, 1.82) is 0 Å². The van der Waals surface area contributed by atoms with Crippen molar-refractivity contribution in [3.63, 3.8) is 0 Å². The van der Waals surface area contributed by atoms with E-state index in [0.29, 0.717) is 10.8 Å². The molecule has 0 bridgehead atoms. The standard InChI is InChI=1S/C27H44O/c1-18(2)7-6-8-19(3)23-11-12-24-22-10-9-20-17-21(28)13-15-26(20,4)25(22)14-16-27(23,24)5/h10,17-19,21,23-25,28H,6-9,11-16H2,1-5H3/t19-,21-,23-,24+,25+,26+,27-/m1/s1. The molecular formula is C27H44O. The summed E-state index contributed by atoms with van der Waals surface area (Å²) in [5.41, 5.74) is 4.23. The van der Waals surface area contributed by atoms with Gasteiger partial charge in [-0.2, -0.15) is 0 Å². The van der Waals surface area contributed by atoms with Crippen LogP contribution in [0.25, 0.3) is 0 Å². The van der Waals surface area contributed by atoms with Crippen molar-refractivity contribution in [3.05, 3.63) is 23.3 Å². The van der Waals surface area contributed by atoms with Crippen molar-refractivity contribution in [2.75, 3.05) is 0 Å². The van der Waals surface area contributed by atoms with Crippen LogP contribution in [-0.4, -0.2) is 11.2 Å². The molecule has 0 heterocycles. The molecule has 0 aromatic carbocycles. The normalized spacial score (nSPS) is 43.7. The summed E-state index contributed by atoms with van der Waals surface area (Å²) in [5.74, 6) is 4.22. The van der Waals surface area contributed by atoms with Crippen molar-refractivity contribution in [2.45, 2.75) is 105 Å². The molecule has 1 N–H and O–H groups in total. The van der Waals surface area contributed by atoms with E-state index in [1.165, 1.54) is 51.4 Å². The first-order valence-corrected chi connectivity index (χ1v) is 12.3. The lowest BCUT2D eigenvalue weighted by Gasteiger charge is -2.55. The zero-order valence-electron chi connectivity index (χ0n) is 19.1. The van der Waals surface area contributed by atoms with Gasteiger partial charge in [0.25, 0.3) is 0 Å². The van der Waals surface area contributed by atoms with Crippen molar-refractivity contribution in [3.8, 4) is 0 Å². The van der Waals surface area contributed by atoms with E-state index in [1.54, 1.807) is 5.57 Å². The molecule has 0 spiro atoms. The number of fused-ring (bicyclic) bond motifs is 5. The highest BCUT2D eigenvalue weighted by Crippen LogP contribution is 2.66. The molecule has 0 aliphatic heterocycles. The van der Waals surface area contributed by atoms with Gasteiger partial charge in [-0.25, -0.2) is 0 Å². The van der Waals surface area contributed by atoms with Crippen LogP contribution in [0, 0.1) is 40.4 Å². The van der Waals surface area contributed by atoms with Crippen LogP contribution in [0.5, 0.6) is 0 Å².